The Morgan fingerprint density at radius 2 is 2.18 bits per heavy atom. The quantitative estimate of drug-likeness (QED) is 0.739. The van der Waals surface area contributed by atoms with Crippen LogP contribution in [-0.2, 0) is 11.2 Å². The molecule has 0 saturated heterocycles. The molecule has 0 bridgehead atoms. The van der Waals surface area contributed by atoms with Crippen LogP contribution < -0.4 is 10.1 Å². The summed E-state index contributed by atoms with van der Waals surface area (Å²) < 4.78 is 18.2. The second-order valence-corrected chi connectivity index (χ2v) is 3.92. The Labute approximate surface area is 101 Å². The van der Waals surface area contributed by atoms with Gasteiger partial charge in [0.2, 0.25) is 0 Å². The summed E-state index contributed by atoms with van der Waals surface area (Å²) in [7, 11) is 1.45. The molecule has 3 nitrogen and oxygen atoms in total. The lowest BCUT2D eigenvalue weighted by molar-refractivity contribution is -0.116. The highest BCUT2D eigenvalue weighted by atomic mass is 19.1. The number of ketones is 1. The number of hydrogen-bond acceptors (Lipinski definition) is 3. The van der Waals surface area contributed by atoms with Crippen molar-refractivity contribution in [1.82, 2.24) is 5.32 Å². The standard InChI is InChI=1S/C13H18FNO2/c1-10(16)5-7-15-8-6-11-3-4-13(17-2)12(14)9-11/h3-4,9,15H,5-8H2,1-2H3. The van der Waals surface area contributed by atoms with Crippen LogP contribution in [0.25, 0.3) is 0 Å². The second kappa shape index (κ2) is 7.01. The van der Waals surface area contributed by atoms with Crippen LogP contribution in [0.1, 0.15) is 18.9 Å². The molecule has 0 aliphatic heterocycles. The molecule has 0 atom stereocenters. The first-order valence-electron chi connectivity index (χ1n) is 5.66. The Balaban J connectivity index is 2.32. The van der Waals surface area contributed by atoms with Crippen molar-refractivity contribution in [3.8, 4) is 5.75 Å². The number of halogens is 1. The van der Waals surface area contributed by atoms with Gasteiger partial charge in [0.1, 0.15) is 5.78 Å². The van der Waals surface area contributed by atoms with E-state index in [4.69, 9.17) is 4.74 Å². The fourth-order valence-corrected chi connectivity index (χ4v) is 1.49. The van der Waals surface area contributed by atoms with Crippen molar-refractivity contribution in [2.24, 2.45) is 0 Å². The maximum atomic E-state index is 13.3. The summed E-state index contributed by atoms with van der Waals surface area (Å²) in [5.41, 5.74) is 0.915. The molecular formula is C13H18FNO2. The summed E-state index contributed by atoms with van der Waals surface area (Å²) in [6.07, 6.45) is 1.27. The SMILES string of the molecule is COc1ccc(CCNCCC(C)=O)cc1F. The van der Waals surface area contributed by atoms with Crippen LogP contribution in [0.2, 0.25) is 0 Å². The maximum absolute atomic E-state index is 13.3. The van der Waals surface area contributed by atoms with E-state index in [1.807, 2.05) is 6.07 Å². The van der Waals surface area contributed by atoms with Gasteiger partial charge in [0.15, 0.2) is 11.6 Å². The molecule has 0 radical (unpaired) electrons. The van der Waals surface area contributed by atoms with Crippen LogP contribution >= 0.6 is 0 Å². The van der Waals surface area contributed by atoms with Crippen molar-refractivity contribution >= 4 is 5.78 Å². The van der Waals surface area contributed by atoms with E-state index >= 15 is 0 Å². The van der Waals surface area contributed by atoms with Gasteiger partial charge in [-0.05, 0) is 37.6 Å². The number of benzene rings is 1. The zero-order valence-corrected chi connectivity index (χ0v) is 10.3. The van der Waals surface area contributed by atoms with Gasteiger partial charge in [0.05, 0.1) is 7.11 Å². The van der Waals surface area contributed by atoms with Gasteiger partial charge in [-0.2, -0.15) is 0 Å². The van der Waals surface area contributed by atoms with E-state index < -0.39 is 0 Å². The van der Waals surface area contributed by atoms with E-state index in [9.17, 15) is 9.18 Å². The van der Waals surface area contributed by atoms with E-state index in [0.29, 0.717) is 13.0 Å². The molecule has 1 rings (SSSR count). The van der Waals surface area contributed by atoms with Gasteiger partial charge < -0.3 is 10.1 Å². The number of rotatable bonds is 7. The van der Waals surface area contributed by atoms with Crippen LogP contribution in [0.5, 0.6) is 5.75 Å². The zero-order chi connectivity index (χ0) is 12.7. The molecule has 1 N–H and O–H groups in total. The Morgan fingerprint density at radius 1 is 1.41 bits per heavy atom. The van der Waals surface area contributed by atoms with E-state index in [2.05, 4.69) is 5.32 Å². The Hall–Kier alpha value is -1.42. The fourth-order valence-electron chi connectivity index (χ4n) is 1.49. The molecule has 0 unspecified atom stereocenters. The van der Waals surface area contributed by atoms with Crippen LogP contribution in [0.15, 0.2) is 18.2 Å². The minimum Gasteiger partial charge on any atom is -0.494 e. The third kappa shape index (κ3) is 4.95. The summed E-state index contributed by atoms with van der Waals surface area (Å²) in [5, 5.41) is 3.14. The van der Waals surface area contributed by atoms with Crippen molar-refractivity contribution in [3.05, 3.63) is 29.6 Å². The van der Waals surface area contributed by atoms with Gasteiger partial charge in [-0.1, -0.05) is 6.07 Å². The predicted octanol–water partition coefficient (Wildman–Crippen LogP) is 1.95. The minimum absolute atomic E-state index is 0.174. The number of nitrogens with one attached hydrogen (secondary N) is 1. The highest BCUT2D eigenvalue weighted by Gasteiger charge is 2.03. The van der Waals surface area contributed by atoms with Gasteiger partial charge in [-0.15, -0.1) is 0 Å². The lowest BCUT2D eigenvalue weighted by Crippen LogP contribution is -2.20. The van der Waals surface area contributed by atoms with E-state index in [1.54, 1.807) is 13.0 Å². The monoisotopic (exact) mass is 239 g/mol. The van der Waals surface area contributed by atoms with E-state index in [-0.39, 0.29) is 17.3 Å². The first kappa shape index (κ1) is 13.6. The summed E-state index contributed by atoms with van der Waals surface area (Å²) >= 11 is 0. The van der Waals surface area contributed by atoms with Crippen molar-refractivity contribution in [3.63, 3.8) is 0 Å². The summed E-state index contributed by atoms with van der Waals surface area (Å²) in [6.45, 7) is 2.98. The molecule has 94 valence electrons. The average molecular weight is 239 g/mol. The molecular weight excluding hydrogens is 221 g/mol. The molecule has 0 saturated carbocycles. The molecule has 0 fully saturated rings. The highest BCUT2D eigenvalue weighted by Crippen LogP contribution is 2.17. The zero-order valence-electron chi connectivity index (χ0n) is 10.3. The Kier molecular flexibility index (Phi) is 5.63. The molecule has 0 heterocycles. The molecule has 1 aromatic rings. The number of hydrogen-bond donors (Lipinski definition) is 1. The summed E-state index contributed by atoms with van der Waals surface area (Å²) in [5.74, 6) is 0.0972. The third-order valence-corrected chi connectivity index (χ3v) is 2.46. The number of carbonyl (C=O) groups is 1. The number of ether oxygens (including phenoxy) is 1. The van der Waals surface area contributed by atoms with Gasteiger partial charge in [-0.25, -0.2) is 4.39 Å². The van der Waals surface area contributed by atoms with Gasteiger partial charge >= 0.3 is 0 Å². The summed E-state index contributed by atoms with van der Waals surface area (Å²) in [4.78, 5) is 10.7. The number of Topliss-reactive ketones (excluding diaryl/α,β-unsaturated/α-hetero) is 1. The van der Waals surface area contributed by atoms with Gasteiger partial charge in [0.25, 0.3) is 0 Å². The molecule has 1 aromatic carbocycles. The molecule has 0 spiro atoms. The molecule has 17 heavy (non-hydrogen) atoms. The van der Waals surface area contributed by atoms with E-state index in [0.717, 1.165) is 18.5 Å². The Bertz CT molecular complexity index is 380. The molecule has 0 aliphatic rings. The van der Waals surface area contributed by atoms with Crippen LogP contribution in [0, 0.1) is 5.82 Å². The smallest absolute Gasteiger partial charge is 0.165 e. The molecule has 0 aliphatic carbocycles. The largest absolute Gasteiger partial charge is 0.494 e. The number of methoxy groups -OCH3 is 1. The van der Waals surface area contributed by atoms with Gasteiger partial charge in [-0.3, -0.25) is 4.79 Å². The van der Waals surface area contributed by atoms with Crippen LogP contribution in [0.4, 0.5) is 4.39 Å². The first-order valence-corrected chi connectivity index (χ1v) is 5.66. The average Bonchev–Trinajstić information content (AvgIpc) is 2.28. The molecule has 0 aromatic heterocycles. The maximum Gasteiger partial charge on any atom is 0.165 e. The normalized spacial score (nSPS) is 10.3. The van der Waals surface area contributed by atoms with E-state index in [1.165, 1.54) is 13.2 Å². The van der Waals surface area contributed by atoms with Crippen molar-refractivity contribution in [1.29, 1.82) is 0 Å². The lowest BCUT2D eigenvalue weighted by Gasteiger charge is -2.06. The lowest BCUT2D eigenvalue weighted by atomic mass is 10.1. The topological polar surface area (TPSA) is 38.3 Å². The predicted molar refractivity (Wildman–Crippen MR) is 64.8 cm³/mol. The number of carbonyl (C=O) groups excluding carboxylic acids is 1. The summed E-state index contributed by atoms with van der Waals surface area (Å²) in [6, 6.07) is 4.94. The van der Waals surface area contributed by atoms with Crippen molar-refractivity contribution in [2.75, 3.05) is 20.2 Å². The second-order valence-electron chi connectivity index (χ2n) is 3.92. The Morgan fingerprint density at radius 3 is 2.76 bits per heavy atom. The van der Waals surface area contributed by atoms with Crippen LogP contribution in [-0.4, -0.2) is 26.0 Å². The van der Waals surface area contributed by atoms with Gasteiger partial charge in [0, 0.05) is 13.0 Å². The fraction of sp³-hybridized carbons (Fsp3) is 0.462. The van der Waals surface area contributed by atoms with Crippen molar-refractivity contribution in [2.45, 2.75) is 19.8 Å². The minimum atomic E-state index is -0.339. The highest BCUT2D eigenvalue weighted by molar-refractivity contribution is 5.75. The third-order valence-electron chi connectivity index (χ3n) is 2.46. The first-order chi connectivity index (χ1) is 8.13. The molecule has 4 heteroatoms. The van der Waals surface area contributed by atoms with Crippen molar-refractivity contribution < 1.29 is 13.9 Å². The van der Waals surface area contributed by atoms with Crippen LogP contribution in [0.3, 0.4) is 0 Å². The molecule has 0 amide bonds.